The SMILES string of the molecule is CCCCSC1=C(C#N)C(c2ccccc2OCC)C(C#N)C(=O)N1. The third kappa shape index (κ3) is 4.15. The van der Waals surface area contributed by atoms with Crippen LogP contribution in [0.25, 0.3) is 0 Å². The van der Waals surface area contributed by atoms with Gasteiger partial charge in [-0.25, -0.2) is 0 Å². The number of para-hydroxylation sites is 1. The predicted molar refractivity (Wildman–Crippen MR) is 97.6 cm³/mol. The number of thioether (sulfide) groups is 1. The number of unbranched alkanes of at least 4 members (excludes halogenated alkanes) is 1. The normalized spacial score (nSPS) is 19.8. The Morgan fingerprint density at radius 3 is 2.68 bits per heavy atom. The summed E-state index contributed by atoms with van der Waals surface area (Å²) in [6.07, 6.45) is 2.03. The van der Waals surface area contributed by atoms with Gasteiger partial charge in [-0.1, -0.05) is 31.5 Å². The molecule has 0 spiro atoms. The number of hydrogen-bond acceptors (Lipinski definition) is 5. The number of nitriles is 2. The van der Waals surface area contributed by atoms with Crippen LogP contribution in [0.5, 0.6) is 5.75 Å². The lowest BCUT2D eigenvalue weighted by Crippen LogP contribution is -2.39. The van der Waals surface area contributed by atoms with E-state index in [0.29, 0.717) is 28.5 Å². The van der Waals surface area contributed by atoms with Gasteiger partial charge >= 0.3 is 0 Å². The molecule has 6 heteroatoms. The summed E-state index contributed by atoms with van der Waals surface area (Å²) < 4.78 is 5.66. The van der Waals surface area contributed by atoms with Gasteiger partial charge in [0.25, 0.3) is 0 Å². The Bertz CT molecular complexity index is 746. The summed E-state index contributed by atoms with van der Waals surface area (Å²) in [5.74, 6) is -0.510. The molecule has 2 unspecified atom stereocenters. The fourth-order valence-electron chi connectivity index (χ4n) is 2.76. The molecule has 1 aromatic carbocycles. The van der Waals surface area contributed by atoms with Crippen LogP contribution in [0.4, 0.5) is 0 Å². The van der Waals surface area contributed by atoms with Crippen LogP contribution in [0.3, 0.4) is 0 Å². The van der Waals surface area contributed by atoms with E-state index in [-0.39, 0.29) is 5.91 Å². The highest BCUT2D eigenvalue weighted by molar-refractivity contribution is 8.03. The molecule has 1 N–H and O–H groups in total. The first-order chi connectivity index (χ1) is 12.2. The van der Waals surface area contributed by atoms with Gasteiger partial charge in [-0.3, -0.25) is 4.79 Å². The van der Waals surface area contributed by atoms with Gasteiger partial charge in [0.2, 0.25) is 5.91 Å². The molecular weight excluding hydrogens is 334 g/mol. The molecule has 0 aromatic heterocycles. The second-order valence-corrected chi connectivity index (χ2v) is 6.71. The molecule has 0 fully saturated rings. The van der Waals surface area contributed by atoms with Gasteiger partial charge in [0.15, 0.2) is 0 Å². The highest BCUT2D eigenvalue weighted by Crippen LogP contribution is 2.42. The van der Waals surface area contributed by atoms with Crippen molar-refractivity contribution in [3.05, 3.63) is 40.4 Å². The third-order valence-corrected chi connectivity index (χ3v) is 5.07. The summed E-state index contributed by atoms with van der Waals surface area (Å²) in [7, 11) is 0. The minimum atomic E-state index is -0.952. The van der Waals surface area contributed by atoms with Crippen LogP contribution in [0.1, 0.15) is 38.2 Å². The molecular formula is C19H21N3O2S. The molecule has 0 saturated carbocycles. The van der Waals surface area contributed by atoms with Crippen LogP contribution in [-0.2, 0) is 4.79 Å². The largest absolute Gasteiger partial charge is 0.494 e. The summed E-state index contributed by atoms with van der Waals surface area (Å²) in [5, 5.41) is 22.6. The molecule has 1 aliphatic rings. The van der Waals surface area contributed by atoms with E-state index in [0.717, 1.165) is 18.6 Å². The predicted octanol–water partition coefficient (Wildman–Crippen LogP) is 3.71. The Morgan fingerprint density at radius 2 is 2.04 bits per heavy atom. The Balaban J connectivity index is 2.53. The van der Waals surface area contributed by atoms with Crippen molar-refractivity contribution in [2.24, 2.45) is 5.92 Å². The number of nitrogens with zero attached hydrogens (tertiary/aromatic N) is 2. The lowest BCUT2D eigenvalue weighted by molar-refractivity contribution is -0.123. The van der Waals surface area contributed by atoms with Crippen molar-refractivity contribution in [3.63, 3.8) is 0 Å². The van der Waals surface area contributed by atoms with Crippen LogP contribution in [0.2, 0.25) is 0 Å². The first kappa shape index (κ1) is 18.9. The molecule has 0 radical (unpaired) electrons. The van der Waals surface area contributed by atoms with Crippen molar-refractivity contribution in [2.45, 2.75) is 32.6 Å². The van der Waals surface area contributed by atoms with Gasteiger partial charge < -0.3 is 10.1 Å². The van der Waals surface area contributed by atoms with Gasteiger partial charge in [0.1, 0.15) is 11.7 Å². The van der Waals surface area contributed by atoms with Crippen molar-refractivity contribution < 1.29 is 9.53 Å². The van der Waals surface area contributed by atoms with E-state index >= 15 is 0 Å². The van der Waals surface area contributed by atoms with Crippen molar-refractivity contribution in [1.82, 2.24) is 5.32 Å². The summed E-state index contributed by atoms with van der Waals surface area (Å²) in [6.45, 7) is 4.43. The summed E-state index contributed by atoms with van der Waals surface area (Å²) in [4.78, 5) is 12.5. The molecule has 0 bridgehead atoms. The van der Waals surface area contributed by atoms with E-state index in [1.807, 2.05) is 25.1 Å². The maximum absolute atomic E-state index is 12.5. The Morgan fingerprint density at radius 1 is 1.28 bits per heavy atom. The molecule has 1 heterocycles. The average molecular weight is 355 g/mol. The number of nitrogens with one attached hydrogen (secondary N) is 1. The van der Waals surface area contributed by atoms with Crippen molar-refractivity contribution >= 4 is 17.7 Å². The summed E-state index contributed by atoms with van der Waals surface area (Å²) in [6, 6.07) is 11.6. The molecule has 0 saturated heterocycles. The van der Waals surface area contributed by atoms with Crippen LogP contribution in [0.15, 0.2) is 34.9 Å². The van der Waals surface area contributed by atoms with Gasteiger partial charge in [-0.15, -0.1) is 11.8 Å². The van der Waals surface area contributed by atoms with E-state index in [1.54, 1.807) is 6.07 Å². The third-order valence-electron chi connectivity index (χ3n) is 3.97. The van der Waals surface area contributed by atoms with Crippen LogP contribution >= 0.6 is 11.8 Å². The maximum Gasteiger partial charge on any atom is 0.243 e. The Labute approximate surface area is 152 Å². The summed E-state index contributed by atoms with van der Waals surface area (Å²) >= 11 is 1.46. The van der Waals surface area contributed by atoms with Crippen molar-refractivity contribution in [3.8, 4) is 17.9 Å². The Hall–Kier alpha value is -2.44. The number of allylic oxidation sites excluding steroid dienone is 1. The van der Waals surface area contributed by atoms with Gasteiger partial charge in [-0.2, -0.15) is 10.5 Å². The highest BCUT2D eigenvalue weighted by Gasteiger charge is 2.40. The number of carbonyl (C=O) groups is 1. The summed E-state index contributed by atoms with van der Waals surface area (Å²) in [5.41, 5.74) is 1.13. The van der Waals surface area contributed by atoms with E-state index in [1.165, 1.54) is 11.8 Å². The maximum atomic E-state index is 12.5. The molecule has 2 rings (SSSR count). The fourth-order valence-corrected chi connectivity index (χ4v) is 3.90. The van der Waals surface area contributed by atoms with E-state index < -0.39 is 11.8 Å². The van der Waals surface area contributed by atoms with Crippen molar-refractivity contribution in [1.29, 1.82) is 10.5 Å². The second kappa shape index (κ2) is 9.15. The molecule has 1 aliphatic heterocycles. The zero-order valence-corrected chi connectivity index (χ0v) is 15.2. The molecule has 1 amide bonds. The number of ether oxygens (including phenoxy) is 1. The molecule has 2 atom stereocenters. The quantitative estimate of drug-likeness (QED) is 0.754. The molecule has 1 aromatic rings. The van der Waals surface area contributed by atoms with Crippen LogP contribution in [0, 0.1) is 28.6 Å². The van der Waals surface area contributed by atoms with Gasteiger partial charge in [0, 0.05) is 5.56 Å². The number of amides is 1. The molecule has 0 aliphatic carbocycles. The van der Waals surface area contributed by atoms with Crippen LogP contribution < -0.4 is 10.1 Å². The molecule has 130 valence electrons. The first-order valence-electron chi connectivity index (χ1n) is 8.37. The fraction of sp³-hybridized carbons (Fsp3) is 0.421. The molecule has 5 nitrogen and oxygen atoms in total. The minimum Gasteiger partial charge on any atom is -0.494 e. The van der Waals surface area contributed by atoms with Gasteiger partial charge in [0.05, 0.1) is 35.3 Å². The second-order valence-electron chi connectivity index (χ2n) is 5.60. The standard InChI is InChI=1S/C19H21N3O2S/c1-3-5-10-25-19-15(12-21)17(14(11-20)18(23)22-19)13-8-6-7-9-16(13)24-4-2/h6-9,14,17H,3-5,10H2,1-2H3,(H,22,23). The minimum absolute atomic E-state index is 0.364. The first-order valence-corrected chi connectivity index (χ1v) is 9.35. The monoisotopic (exact) mass is 355 g/mol. The lowest BCUT2D eigenvalue weighted by Gasteiger charge is -2.29. The highest BCUT2D eigenvalue weighted by atomic mass is 32.2. The number of benzene rings is 1. The van der Waals surface area contributed by atoms with Crippen molar-refractivity contribution in [2.75, 3.05) is 12.4 Å². The lowest BCUT2D eigenvalue weighted by atomic mass is 9.79. The van der Waals surface area contributed by atoms with E-state index in [9.17, 15) is 15.3 Å². The smallest absolute Gasteiger partial charge is 0.243 e. The Kier molecular flexibility index (Phi) is 6.91. The van der Waals surface area contributed by atoms with E-state index in [4.69, 9.17) is 4.74 Å². The number of carbonyl (C=O) groups excluding carboxylic acids is 1. The van der Waals surface area contributed by atoms with E-state index in [2.05, 4.69) is 24.4 Å². The number of hydrogen-bond donors (Lipinski definition) is 1. The molecule has 25 heavy (non-hydrogen) atoms. The topological polar surface area (TPSA) is 85.9 Å². The zero-order valence-electron chi connectivity index (χ0n) is 14.4. The van der Waals surface area contributed by atoms with Crippen LogP contribution in [-0.4, -0.2) is 18.3 Å². The number of rotatable bonds is 7. The zero-order chi connectivity index (χ0) is 18.2. The van der Waals surface area contributed by atoms with Gasteiger partial charge in [-0.05, 0) is 25.2 Å². The average Bonchev–Trinajstić information content (AvgIpc) is 2.62.